The van der Waals surface area contributed by atoms with Crippen LogP contribution >= 0.6 is 0 Å². The van der Waals surface area contributed by atoms with E-state index in [0.717, 1.165) is 19.4 Å². The number of piperidine rings is 1. The van der Waals surface area contributed by atoms with Gasteiger partial charge in [0.2, 0.25) is 0 Å². The fourth-order valence-corrected chi connectivity index (χ4v) is 2.66. The van der Waals surface area contributed by atoms with Crippen LogP contribution in [0.25, 0.3) is 0 Å². The van der Waals surface area contributed by atoms with E-state index >= 15 is 0 Å². The molecule has 2 aliphatic rings. The van der Waals surface area contributed by atoms with E-state index < -0.39 is 24.4 Å². The normalized spacial score (nSPS) is 49.3. The number of hydrogen-bond acceptors (Lipinski definition) is 5. The van der Waals surface area contributed by atoms with Gasteiger partial charge < -0.3 is 20.4 Å². The highest BCUT2D eigenvalue weighted by Crippen LogP contribution is 2.31. The molecule has 0 radical (unpaired) electrons. The van der Waals surface area contributed by atoms with Gasteiger partial charge in [-0.05, 0) is 19.4 Å². The molecule has 5 unspecified atom stereocenters. The minimum absolute atomic E-state index is 0.106. The van der Waals surface area contributed by atoms with Crippen LogP contribution in [0.5, 0.6) is 0 Å². The van der Waals surface area contributed by atoms with E-state index in [1.54, 1.807) is 0 Å². The molecule has 14 heavy (non-hydrogen) atoms. The molecule has 2 fully saturated rings. The predicted octanol–water partition coefficient (Wildman–Crippen LogP) is -2.09. The van der Waals surface area contributed by atoms with Gasteiger partial charge in [0.1, 0.15) is 12.2 Å². The van der Waals surface area contributed by atoms with Crippen LogP contribution in [-0.4, -0.2) is 68.9 Å². The average Bonchev–Trinajstić information content (AvgIpc) is 2.64. The monoisotopic (exact) mass is 203 g/mol. The molecular formula is C9H17NO4. The molecule has 0 aromatic heterocycles. The van der Waals surface area contributed by atoms with Crippen molar-refractivity contribution in [3.63, 3.8) is 0 Å². The van der Waals surface area contributed by atoms with Crippen molar-refractivity contribution in [2.45, 2.75) is 43.2 Å². The molecular weight excluding hydrogens is 186 g/mol. The molecule has 0 spiro atoms. The molecule has 5 nitrogen and oxygen atoms in total. The van der Waals surface area contributed by atoms with Gasteiger partial charge in [0.05, 0.1) is 18.8 Å². The van der Waals surface area contributed by atoms with E-state index in [-0.39, 0.29) is 12.6 Å². The van der Waals surface area contributed by atoms with Crippen LogP contribution in [0.3, 0.4) is 0 Å². The van der Waals surface area contributed by atoms with Crippen molar-refractivity contribution < 1.29 is 20.4 Å². The Labute approximate surface area is 82.6 Å². The summed E-state index contributed by atoms with van der Waals surface area (Å²) in [4.78, 5) is 1.90. The molecule has 5 atom stereocenters. The van der Waals surface area contributed by atoms with Gasteiger partial charge in [-0.1, -0.05) is 0 Å². The molecule has 0 saturated carbocycles. The van der Waals surface area contributed by atoms with Crippen LogP contribution in [0.2, 0.25) is 0 Å². The van der Waals surface area contributed by atoms with Gasteiger partial charge in [-0.15, -0.1) is 0 Å². The second-order valence-corrected chi connectivity index (χ2v) is 4.17. The Morgan fingerprint density at radius 3 is 2.43 bits per heavy atom. The van der Waals surface area contributed by atoms with Crippen LogP contribution in [0, 0.1) is 0 Å². The van der Waals surface area contributed by atoms with Gasteiger partial charge in [-0.2, -0.15) is 0 Å². The topological polar surface area (TPSA) is 84.2 Å². The lowest BCUT2D eigenvalue weighted by molar-refractivity contribution is -0.160. The fraction of sp³-hybridized carbons (Fsp3) is 1.00. The van der Waals surface area contributed by atoms with E-state index in [0.29, 0.717) is 0 Å². The zero-order valence-corrected chi connectivity index (χ0v) is 7.95. The molecule has 0 amide bonds. The molecule has 0 aromatic carbocycles. The van der Waals surface area contributed by atoms with Gasteiger partial charge in [0, 0.05) is 6.04 Å². The zero-order valence-electron chi connectivity index (χ0n) is 7.95. The molecule has 0 bridgehead atoms. The lowest BCUT2D eigenvalue weighted by Crippen LogP contribution is -2.65. The van der Waals surface area contributed by atoms with Crippen molar-refractivity contribution >= 4 is 0 Å². The Bertz CT molecular complexity index is 213. The zero-order chi connectivity index (χ0) is 10.3. The number of aliphatic hydroxyl groups excluding tert-OH is 4. The van der Waals surface area contributed by atoms with E-state index in [1.807, 2.05) is 4.90 Å². The molecule has 82 valence electrons. The van der Waals surface area contributed by atoms with Crippen molar-refractivity contribution in [1.29, 1.82) is 0 Å². The maximum atomic E-state index is 9.70. The molecule has 0 aliphatic carbocycles. The highest BCUT2D eigenvalue weighted by molar-refractivity contribution is 5.02. The van der Waals surface area contributed by atoms with E-state index in [9.17, 15) is 15.3 Å². The van der Waals surface area contributed by atoms with Crippen molar-refractivity contribution in [3.05, 3.63) is 0 Å². The number of aliphatic hydroxyl groups is 4. The SMILES string of the molecule is OCC1C(O)C(O)C(O)C2CCCN12. The molecule has 2 saturated heterocycles. The predicted molar refractivity (Wildman–Crippen MR) is 48.6 cm³/mol. The number of hydrogen-bond donors (Lipinski definition) is 4. The third-order valence-electron chi connectivity index (χ3n) is 3.44. The summed E-state index contributed by atoms with van der Waals surface area (Å²) in [6, 6.07) is -0.536. The molecule has 2 aliphatic heterocycles. The third-order valence-corrected chi connectivity index (χ3v) is 3.44. The highest BCUT2D eigenvalue weighted by Gasteiger charge is 2.48. The molecule has 2 heterocycles. The van der Waals surface area contributed by atoms with Gasteiger partial charge in [-0.25, -0.2) is 0 Å². The van der Waals surface area contributed by atoms with E-state index in [2.05, 4.69) is 0 Å². The standard InChI is InChI=1S/C9H17NO4/c11-4-6-8(13)9(14)7(12)5-2-1-3-10(5)6/h5-9,11-14H,1-4H2. The summed E-state index contributed by atoms with van der Waals surface area (Å²) in [5, 5.41) is 38.0. The second-order valence-electron chi connectivity index (χ2n) is 4.17. The number of rotatable bonds is 1. The van der Waals surface area contributed by atoms with Crippen molar-refractivity contribution in [2.24, 2.45) is 0 Å². The minimum Gasteiger partial charge on any atom is -0.395 e. The molecule has 5 heteroatoms. The summed E-state index contributed by atoms with van der Waals surface area (Å²) in [6.07, 6.45) is -1.31. The van der Waals surface area contributed by atoms with Gasteiger partial charge in [0.15, 0.2) is 0 Å². The fourth-order valence-electron chi connectivity index (χ4n) is 2.66. The highest BCUT2D eigenvalue weighted by atomic mass is 16.4. The van der Waals surface area contributed by atoms with Crippen LogP contribution in [0.4, 0.5) is 0 Å². The lowest BCUT2D eigenvalue weighted by atomic mass is 9.89. The maximum absolute atomic E-state index is 9.70. The Kier molecular flexibility index (Phi) is 2.77. The number of fused-ring (bicyclic) bond motifs is 1. The summed E-state index contributed by atoms with van der Waals surface area (Å²) in [5.41, 5.74) is 0. The molecule has 0 aromatic rings. The Morgan fingerprint density at radius 1 is 1.07 bits per heavy atom. The Balaban J connectivity index is 2.19. The third kappa shape index (κ3) is 1.36. The minimum atomic E-state index is -1.13. The number of nitrogens with zero attached hydrogens (tertiary/aromatic N) is 1. The van der Waals surface area contributed by atoms with Crippen LogP contribution in [0.15, 0.2) is 0 Å². The first-order valence-corrected chi connectivity index (χ1v) is 5.07. The summed E-state index contributed by atoms with van der Waals surface area (Å²) >= 11 is 0. The van der Waals surface area contributed by atoms with Crippen molar-refractivity contribution in [1.82, 2.24) is 4.90 Å². The first-order chi connectivity index (χ1) is 6.66. The quantitative estimate of drug-likeness (QED) is 0.393. The van der Waals surface area contributed by atoms with Gasteiger partial charge in [-0.3, -0.25) is 4.90 Å². The average molecular weight is 203 g/mol. The van der Waals surface area contributed by atoms with Crippen LogP contribution in [0.1, 0.15) is 12.8 Å². The lowest BCUT2D eigenvalue weighted by Gasteiger charge is -2.45. The first-order valence-electron chi connectivity index (χ1n) is 5.07. The molecule has 2 rings (SSSR count). The summed E-state index contributed by atoms with van der Waals surface area (Å²) in [7, 11) is 0. The second kappa shape index (κ2) is 3.75. The summed E-state index contributed by atoms with van der Waals surface area (Å²) in [5.74, 6) is 0. The van der Waals surface area contributed by atoms with Crippen LogP contribution < -0.4 is 0 Å². The van der Waals surface area contributed by atoms with E-state index in [1.165, 1.54) is 0 Å². The Morgan fingerprint density at radius 2 is 1.79 bits per heavy atom. The van der Waals surface area contributed by atoms with Gasteiger partial charge >= 0.3 is 0 Å². The van der Waals surface area contributed by atoms with Crippen molar-refractivity contribution in [3.8, 4) is 0 Å². The van der Waals surface area contributed by atoms with Gasteiger partial charge in [0.25, 0.3) is 0 Å². The van der Waals surface area contributed by atoms with Crippen molar-refractivity contribution in [2.75, 3.05) is 13.2 Å². The summed E-state index contributed by atoms with van der Waals surface area (Å²) < 4.78 is 0. The van der Waals surface area contributed by atoms with E-state index in [4.69, 9.17) is 5.11 Å². The van der Waals surface area contributed by atoms with Crippen LogP contribution in [-0.2, 0) is 0 Å². The first kappa shape index (κ1) is 10.3. The largest absolute Gasteiger partial charge is 0.395 e. The summed E-state index contributed by atoms with van der Waals surface area (Å²) in [6.45, 7) is 0.595. The maximum Gasteiger partial charge on any atom is 0.109 e. The Hall–Kier alpha value is -0.200. The molecule has 4 N–H and O–H groups in total. The smallest absolute Gasteiger partial charge is 0.109 e.